The Labute approximate surface area is 212 Å². The lowest BCUT2D eigenvalue weighted by Crippen LogP contribution is -2.47. The van der Waals surface area contributed by atoms with Crippen LogP contribution in [-0.4, -0.2) is 53.5 Å². The van der Waals surface area contributed by atoms with Gasteiger partial charge in [0, 0.05) is 49.7 Å². The van der Waals surface area contributed by atoms with Gasteiger partial charge in [0.2, 0.25) is 5.78 Å². The van der Waals surface area contributed by atoms with Crippen LogP contribution in [0.3, 0.4) is 0 Å². The van der Waals surface area contributed by atoms with Crippen LogP contribution in [0.1, 0.15) is 49.4 Å². The summed E-state index contributed by atoms with van der Waals surface area (Å²) in [5.74, 6) is 0.666. The van der Waals surface area contributed by atoms with E-state index in [0.717, 1.165) is 38.4 Å². The second-order valence-corrected chi connectivity index (χ2v) is 10.2. The smallest absolute Gasteiger partial charge is 0.206 e. The average molecular weight is 496 g/mol. The van der Waals surface area contributed by atoms with Crippen LogP contribution >= 0.6 is 11.3 Å². The number of nitrogens with two attached hydrogens (primary N) is 1. The van der Waals surface area contributed by atoms with Crippen LogP contribution in [0, 0.1) is 5.92 Å². The number of phenolic OH excluding ortho intramolecular Hbond substituents is 1. The van der Waals surface area contributed by atoms with Crippen LogP contribution in [0.5, 0.6) is 5.75 Å². The number of thiazole rings is 1. The van der Waals surface area contributed by atoms with E-state index in [-0.39, 0.29) is 17.4 Å². The van der Waals surface area contributed by atoms with Crippen LogP contribution in [0.2, 0.25) is 0 Å². The molecule has 2 aromatic carbocycles. The Morgan fingerprint density at radius 2 is 1.77 bits per heavy atom. The molecule has 1 aliphatic rings. The van der Waals surface area contributed by atoms with Crippen molar-refractivity contribution >= 4 is 39.4 Å². The Bertz CT molecular complexity index is 1090. The molecule has 1 aliphatic heterocycles. The first-order valence-corrected chi connectivity index (χ1v) is 13.1. The molecule has 0 radical (unpaired) electrons. The van der Waals surface area contributed by atoms with E-state index in [0.29, 0.717) is 21.5 Å². The number of aromatic hydroxyl groups is 1. The highest BCUT2D eigenvalue weighted by Gasteiger charge is 2.20. The highest BCUT2D eigenvalue weighted by molar-refractivity contribution is 7.18. The molecule has 0 saturated carbocycles. The standard InChI is InChI=1S/C24H29N5O2S.C3H8/c1-16(2)15-28-10-12-29(13-11-28)19-8-6-18(7-9-19)26-24-27-23(25)22(32-24)21(31)17-4-3-5-20(30)14-17;1-3-2/h3-9,14,16,30H,10-13,15,25H2,1-2H3,(H,26,27);3H2,1-2H3. The maximum atomic E-state index is 12.7. The summed E-state index contributed by atoms with van der Waals surface area (Å²) in [6.45, 7) is 14.2. The quantitative estimate of drug-likeness (QED) is 0.367. The lowest BCUT2D eigenvalue weighted by Gasteiger charge is -2.36. The predicted octanol–water partition coefficient (Wildman–Crippen LogP) is 5.60. The maximum absolute atomic E-state index is 12.7. The van der Waals surface area contributed by atoms with Gasteiger partial charge in [-0.3, -0.25) is 9.69 Å². The molecule has 0 bridgehead atoms. The van der Waals surface area contributed by atoms with Crippen LogP contribution in [-0.2, 0) is 0 Å². The van der Waals surface area contributed by atoms with E-state index in [1.165, 1.54) is 35.6 Å². The predicted molar refractivity (Wildman–Crippen MR) is 147 cm³/mol. The Hall–Kier alpha value is -3.10. The van der Waals surface area contributed by atoms with Crippen molar-refractivity contribution in [2.24, 2.45) is 5.92 Å². The molecule has 0 aliphatic carbocycles. The second kappa shape index (κ2) is 12.6. The van der Waals surface area contributed by atoms with Crippen molar-refractivity contribution < 1.29 is 9.90 Å². The van der Waals surface area contributed by atoms with Crippen LogP contribution < -0.4 is 16.0 Å². The zero-order valence-corrected chi connectivity index (χ0v) is 21.9. The molecule has 0 amide bonds. The van der Waals surface area contributed by atoms with Crippen LogP contribution in [0.15, 0.2) is 48.5 Å². The molecule has 0 spiro atoms. The highest BCUT2D eigenvalue weighted by Crippen LogP contribution is 2.31. The van der Waals surface area contributed by atoms with E-state index in [1.54, 1.807) is 12.1 Å². The zero-order chi connectivity index (χ0) is 25.4. The van der Waals surface area contributed by atoms with Crippen molar-refractivity contribution in [3.05, 3.63) is 59.0 Å². The van der Waals surface area contributed by atoms with E-state index < -0.39 is 0 Å². The van der Waals surface area contributed by atoms with Gasteiger partial charge in [-0.15, -0.1) is 0 Å². The van der Waals surface area contributed by atoms with E-state index in [9.17, 15) is 9.90 Å². The number of aromatic nitrogens is 1. The van der Waals surface area contributed by atoms with Gasteiger partial charge in [-0.1, -0.05) is 57.6 Å². The van der Waals surface area contributed by atoms with Gasteiger partial charge >= 0.3 is 0 Å². The third kappa shape index (κ3) is 7.44. The molecule has 0 atom stereocenters. The molecule has 0 unspecified atom stereocenters. The van der Waals surface area contributed by atoms with Crippen molar-refractivity contribution in [3.8, 4) is 5.75 Å². The first kappa shape index (κ1) is 26.5. The molecule has 1 saturated heterocycles. The number of phenols is 1. The van der Waals surface area contributed by atoms with Gasteiger partial charge in [0.05, 0.1) is 0 Å². The van der Waals surface area contributed by atoms with E-state index in [1.807, 2.05) is 12.1 Å². The summed E-state index contributed by atoms with van der Waals surface area (Å²) in [4.78, 5) is 22.3. The molecular formula is C27H37N5O2S. The van der Waals surface area contributed by atoms with Gasteiger partial charge in [-0.05, 0) is 42.3 Å². The second-order valence-electron chi connectivity index (χ2n) is 9.17. The number of ketones is 1. The molecule has 1 fully saturated rings. The Morgan fingerprint density at radius 3 is 2.37 bits per heavy atom. The molecule has 4 N–H and O–H groups in total. The number of nitrogens with one attached hydrogen (secondary N) is 1. The first-order chi connectivity index (χ1) is 16.8. The lowest BCUT2D eigenvalue weighted by atomic mass is 10.1. The minimum absolute atomic E-state index is 0.0405. The number of hydrogen-bond acceptors (Lipinski definition) is 8. The van der Waals surface area contributed by atoms with Crippen molar-refractivity contribution in [1.82, 2.24) is 9.88 Å². The maximum Gasteiger partial charge on any atom is 0.206 e. The normalized spacial score (nSPS) is 13.9. The summed E-state index contributed by atoms with van der Waals surface area (Å²) in [5, 5.41) is 13.4. The molecule has 7 nitrogen and oxygen atoms in total. The number of carbonyl (C=O) groups is 1. The summed E-state index contributed by atoms with van der Waals surface area (Å²) in [5.41, 5.74) is 8.47. The Kier molecular flexibility index (Phi) is 9.51. The van der Waals surface area contributed by atoms with Crippen molar-refractivity contribution in [2.75, 3.05) is 48.7 Å². The summed E-state index contributed by atoms with van der Waals surface area (Å²) in [6.07, 6.45) is 1.25. The fraction of sp³-hybridized carbons (Fsp3) is 0.407. The molecular weight excluding hydrogens is 458 g/mol. The number of anilines is 4. The molecule has 188 valence electrons. The minimum atomic E-state index is -0.254. The Balaban J connectivity index is 0.00000108. The van der Waals surface area contributed by atoms with Gasteiger partial charge in [-0.2, -0.15) is 0 Å². The van der Waals surface area contributed by atoms with E-state index in [4.69, 9.17) is 5.73 Å². The van der Waals surface area contributed by atoms with Gasteiger partial charge in [0.1, 0.15) is 16.4 Å². The van der Waals surface area contributed by atoms with Crippen molar-refractivity contribution in [3.63, 3.8) is 0 Å². The number of rotatable bonds is 7. The van der Waals surface area contributed by atoms with Crippen LogP contribution in [0.4, 0.5) is 22.3 Å². The summed E-state index contributed by atoms with van der Waals surface area (Å²) in [7, 11) is 0. The van der Waals surface area contributed by atoms with Crippen molar-refractivity contribution in [1.29, 1.82) is 0 Å². The number of nitrogen functional groups attached to an aromatic ring is 1. The third-order valence-corrected chi connectivity index (χ3v) is 6.43. The fourth-order valence-corrected chi connectivity index (χ4v) is 4.78. The third-order valence-electron chi connectivity index (χ3n) is 5.45. The fourth-order valence-electron chi connectivity index (χ4n) is 3.91. The SMILES string of the molecule is CC(C)CN1CCN(c2ccc(Nc3nc(N)c(C(=O)c4cccc(O)c4)s3)cc2)CC1.CCC. The number of nitrogens with zero attached hydrogens (tertiary/aromatic N) is 3. The van der Waals surface area contributed by atoms with Crippen LogP contribution in [0.25, 0.3) is 0 Å². The molecule has 4 rings (SSSR count). The number of benzene rings is 2. The van der Waals surface area contributed by atoms with Gasteiger partial charge in [-0.25, -0.2) is 4.98 Å². The summed E-state index contributed by atoms with van der Waals surface area (Å²) in [6, 6.07) is 14.5. The largest absolute Gasteiger partial charge is 0.508 e. The molecule has 1 aromatic heterocycles. The average Bonchev–Trinajstić information content (AvgIpc) is 3.19. The molecule has 3 aromatic rings. The van der Waals surface area contributed by atoms with Crippen molar-refractivity contribution in [2.45, 2.75) is 34.1 Å². The zero-order valence-electron chi connectivity index (χ0n) is 21.1. The van der Waals surface area contributed by atoms with E-state index in [2.05, 4.69) is 59.9 Å². The summed E-state index contributed by atoms with van der Waals surface area (Å²) >= 11 is 1.21. The van der Waals surface area contributed by atoms with E-state index >= 15 is 0 Å². The molecule has 8 heteroatoms. The number of hydrogen-bond donors (Lipinski definition) is 3. The lowest BCUT2D eigenvalue weighted by molar-refractivity contribution is 0.104. The van der Waals surface area contributed by atoms with Gasteiger partial charge in [0.15, 0.2) is 5.13 Å². The minimum Gasteiger partial charge on any atom is -0.508 e. The first-order valence-electron chi connectivity index (χ1n) is 12.2. The monoisotopic (exact) mass is 495 g/mol. The summed E-state index contributed by atoms with van der Waals surface area (Å²) < 4.78 is 0. The van der Waals surface area contributed by atoms with Gasteiger partial charge < -0.3 is 21.1 Å². The topological polar surface area (TPSA) is 94.7 Å². The number of piperazine rings is 1. The Morgan fingerprint density at radius 1 is 1.11 bits per heavy atom. The molecule has 35 heavy (non-hydrogen) atoms. The number of carbonyl (C=O) groups excluding carboxylic acids is 1. The van der Waals surface area contributed by atoms with Gasteiger partial charge in [0.25, 0.3) is 0 Å². The molecule has 2 heterocycles. The highest BCUT2D eigenvalue weighted by atomic mass is 32.1.